The van der Waals surface area contributed by atoms with Crippen LogP contribution in [0.25, 0.3) is 0 Å². The highest BCUT2D eigenvalue weighted by Gasteiger charge is 2.20. The molecule has 5 heteroatoms. The van der Waals surface area contributed by atoms with E-state index in [0.717, 1.165) is 25.7 Å². The van der Waals surface area contributed by atoms with Crippen molar-refractivity contribution in [2.24, 2.45) is 11.5 Å². The number of nitrogens with one attached hydrogen (secondary N) is 1. The maximum absolute atomic E-state index is 12.0. The molecule has 5 nitrogen and oxygen atoms in total. The minimum absolute atomic E-state index is 0.114. The van der Waals surface area contributed by atoms with E-state index < -0.39 is 5.91 Å². The minimum Gasteiger partial charge on any atom is -0.366 e. The van der Waals surface area contributed by atoms with Gasteiger partial charge in [0.25, 0.3) is 5.91 Å². The minimum atomic E-state index is -0.492. The SMILES string of the molecule is NC(=O)c1ccc(C(=O)NC2CCC(N)CC2)cc1. The molecule has 2 rings (SSSR count). The highest BCUT2D eigenvalue weighted by atomic mass is 16.2. The molecule has 0 radical (unpaired) electrons. The molecule has 1 saturated carbocycles. The summed E-state index contributed by atoms with van der Waals surface area (Å²) in [5.41, 5.74) is 11.9. The summed E-state index contributed by atoms with van der Waals surface area (Å²) >= 11 is 0. The standard InChI is InChI=1S/C14H19N3O2/c15-11-5-7-12(8-6-11)17-14(19)10-3-1-9(2-4-10)13(16)18/h1-4,11-12H,5-8,15H2,(H2,16,18)(H,17,19). The van der Waals surface area contributed by atoms with Gasteiger partial charge in [0.1, 0.15) is 0 Å². The van der Waals surface area contributed by atoms with Crippen molar-refractivity contribution in [1.82, 2.24) is 5.32 Å². The first-order valence-electron chi connectivity index (χ1n) is 6.52. The molecule has 0 aliphatic heterocycles. The molecule has 5 N–H and O–H groups in total. The summed E-state index contributed by atoms with van der Waals surface area (Å²) < 4.78 is 0. The van der Waals surface area contributed by atoms with Gasteiger partial charge in [0.2, 0.25) is 5.91 Å². The van der Waals surface area contributed by atoms with Crippen LogP contribution in [0.4, 0.5) is 0 Å². The number of nitrogens with two attached hydrogens (primary N) is 2. The molecule has 2 amide bonds. The highest BCUT2D eigenvalue weighted by molar-refractivity contribution is 5.97. The van der Waals surface area contributed by atoms with E-state index in [9.17, 15) is 9.59 Å². The molecular weight excluding hydrogens is 242 g/mol. The molecule has 1 aromatic rings. The third-order valence-corrected chi connectivity index (χ3v) is 3.54. The Morgan fingerprint density at radius 3 is 2.05 bits per heavy atom. The van der Waals surface area contributed by atoms with E-state index in [4.69, 9.17) is 11.5 Å². The smallest absolute Gasteiger partial charge is 0.251 e. The van der Waals surface area contributed by atoms with Crippen molar-refractivity contribution in [2.75, 3.05) is 0 Å². The number of benzene rings is 1. The van der Waals surface area contributed by atoms with Crippen LogP contribution in [-0.2, 0) is 0 Å². The zero-order valence-electron chi connectivity index (χ0n) is 10.8. The van der Waals surface area contributed by atoms with Crippen LogP contribution in [0.2, 0.25) is 0 Å². The molecule has 0 saturated heterocycles. The summed E-state index contributed by atoms with van der Waals surface area (Å²) in [5.74, 6) is -0.607. The van der Waals surface area contributed by atoms with Crippen LogP contribution < -0.4 is 16.8 Å². The van der Waals surface area contributed by atoms with Crippen molar-refractivity contribution in [2.45, 2.75) is 37.8 Å². The summed E-state index contributed by atoms with van der Waals surface area (Å²) in [6.45, 7) is 0. The third kappa shape index (κ3) is 3.54. The lowest BCUT2D eigenvalue weighted by atomic mass is 9.91. The van der Waals surface area contributed by atoms with Crippen molar-refractivity contribution < 1.29 is 9.59 Å². The van der Waals surface area contributed by atoms with E-state index in [-0.39, 0.29) is 18.0 Å². The summed E-state index contributed by atoms with van der Waals surface area (Å²) in [6.07, 6.45) is 3.75. The molecule has 0 spiro atoms. The van der Waals surface area contributed by atoms with Gasteiger partial charge in [0.15, 0.2) is 0 Å². The molecule has 0 unspecified atom stereocenters. The topological polar surface area (TPSA) is 98.2 Å². The predicted octanol–water partition coefficient (Wildman–Crippen LogP) is 0.785. The Morgan fingerprint density at radius 2 is 1.53 bits per heavy atom. The molecule has 0 heterocycles. The molecule has 0 atom stereocenters. The average Bonchev–Trinajstić information content (AvgIpc) is 2.41. The Morgan fingerprint density at radius 1 is 1.00 bits per heavy atom. The number of rotatable bonds is 3. The molecule has 0 bridgehead atoms. The monoisotopic (exact) mass is 261 g/mol. The maximum atomic E-state index is 12.0. The van der Waals surface area contributed by atoms with Gasteiger partial charge in [-0.25, -0.2) is 0 Å². The van der Waals surface area contributed by atoms with E-state index in [1.165, 1.54) is 0 Å². The first-order valence-corrected chi connectivity index (χ1v) is 6.52. The molecule has 1 aliphatic carbocycles. The van der Waals surface area contributed by atoms with Gasteiger partial charge in [-0.1, -0.05) is 0 Å². The van der Waals surface area contributed by atoms with E-state index >= 15 is 0 Å². The van der Waals surface area contributed by atoms with Gasteiger partial charge >= 0.3 is 0 Å². The summed E-state index contributed by atoms with van der Waals surface area (Å²) in [5, 5.41) is 2.99. The molecule has 1 aliphatic rings. The van der Waals surface area contributed by atoms with Crippen LogP contribution in [0.5, 0.6) is 0 Å². The first-order chi connectivity index (χ1) is 9.06. The average molecular weight is 261 g/mol. The number of primary amides is 1. The van der Waals surface area contributed by atoms with Crippen LogP contribution in [0.15, 0.2) is 24.3 Å². The Bertz CT molecular complexity index is 462. The van der Waals surface area contributed by atoms with Gasteiger partial charge in [0.05, 0.1) is 0 Å². The van der Waals surface area contributed by atoms with Gasteiger partial charge in [0, 0.05) is 23.2 Å². The second-order valence-corrected chi connectivity index (χ2v) is 5.03. The lowest BCUT2D eigenvalue weighted by Crippen LogP contribution is -2.40. The molecule has 102 valence electrons. The fraction of sp³-hybridized carbons (Fsp3) is 0.429. The number of amides is 2. The zero-order chi connectivity index (χ0) is 13.8. The number of carbonyl (C=O) groups excluding carboxylic acids is 2. The number of carbonyl (C=O) groups is 2. The second-order valence-electron chi connectivity index (χ2n) is 5.03. The number of hydrogen-bond donors (Lipinski definition) is 3. The van der Waals surface area contributed by atoms with Crippen molar-refractivity contribution in [3.8, 4) is 0 Å². The van der Waals surface area contributed by atoms with Gasteiger partial charge in [-0.15, -0.1) is 0 Å². The summed E-state index contributed by atoms with van der Waals surface area (Å²) in [6, 6.07) is 6.82. The van der Waals surface area contributed by atoms with Crippen LogP contribution in [0, 0.1) is 0 Å². The van der Waals surface area contributed by atoms with Crippen molar-refractivity contribution in [1.29, 1.82) is 0 Å². The van der Waals surface area contributed by atoms with Crippen molar-refractivity contribution >= 4 is 11.8 Å². The fourth-order valence-corrected chi connectivity index (χ4v) is 2.32. The van der Waals surface area contributed by atoms with E-state index in [2.05, 4.69) is 5.32 Å². The second kappa shape index (κ2) is 5.84. The largest absolute Gasteiger partial charge is 0.366 e. The lowest BCUT2D eigenvalue weighted by Gasteiger charge is -2.26. The van der Waals surface area contributed by atoms with Gasteiger partial charge < -0.3 is 16.8 Å². The molecule has 19 heavy (non-hydrogen) atoms. The Balaban J connectivity index is 1.94. The van der Waals surface area contributed by atoms with E-state index in [1.54, 1.807) is 24.3 Å². The molecular formula is C14H19N3O2. The molecule has 1 fully saturated rings. The van der Waals surface area contributed by atoms with E-state index in [0.29, 0.717) is 11.1 Å². The number of hydrogen-bond acceptors (Lipinski definition) is 3. The summed E-state index contributed by atoms with van der Waals surface area (Å²) in [4.78, 5) is 23.0. The van der Waals surface area contributed by atoms with Crippen LogP contribution >= 0.6 is 0 Å². The Hall–Kier alpha value is -1.88. The predicted molar refractivity (Wildman–Crippen MR) is 72.7 cm³/mol. The quantitative estimate of drug-likeness (QED) is 0.750. The van der Waals surface area contributed by atoms with Gasteiger partial charge in [-0.2, -0.15) is 0 Å². The maximum Gasteiger partial charge on any atom is 0.251 e. The Kier molecular flexibility index (Phi) is 4.16. The van der Waals surface area contributed by atoms with Crippen molar-refractivity contribution in [3.63, 3.8) is 0 Å². The van der Waals surface area contributed by atoms with Crippen LogP contribution in [-0.4, -0.2) is 23.9 Å². The van der Waals surface area contributed by atoms with Gasteiger partial charge in [-0.05, 0) is 49.9 Å². The Labute approximate surface area is 112 Å². The molecule has 1 aromatic carbocycles. The van der Waals surface area contributed by atoms with Gasteiger partial charge in [-0.3, -0.25) is 9.59 Å². The van der Waals surface area contributed by atoms with E-state index in [1.807, 2.05) is 0 Å². The summed E-state index contributed by atoms with van der Waals surface area (Å²) in [7, 11) is 0. The highest BCUT2D eigenvalue weighted by Crippen LogP contribution is 2.17. The third-order valence-electron chi connectivity index (χ3n) is 3.54. The molecule has 0 aromatic heterocycles. The van der Waals surface area contributed by atoms with Crippen LogP contribution in [0.3, 0.4) is 0 Å². The van der Waals surface area contributed by atoms with Crippen LogP contribution in [0.1, 0.15) is 46.4 Å². The normalized spacial score (nSPS) is 22.8. The van der Waals surface area contributed by atoms with Crippen molar-refractivity contribution in [3.05, 3.63) is 35.4 Å². The first kappa shape index (κ1) is 13.5. The fourth-order valence-electron chi connectivity index (χ4n) is 2.32. The zero-order valence-corrected chi connectivity index (χ0v) is 10.8. The lowest BCUT2D eigenvalue weighted by molar-refractivity contribution is 0.0924.